The van der Waals surface area contributed by atoms with E-state index in [0.717, 1.165) is 18.9 Å². The first-order chi connectivity index (χ1) is 7.05. The van der Waals surface area contributed by atoms with E-state index >= 15 is 0 Å². The first-order valence-corrected chi connectivity index (χ1v) is 5.18. The van der Waals surface area contributed by atoms with Crippen LogP contribution >= 0.6 is 0 Å². The summed E-state index contributed by atoms with van der Waals surface area (Å²) in [7, 11) is 1.83. The lowest BCUT2D eigenvalue weighted by atomic mass is 9.92. The number of nitrogens with one attached hydrogen (secondary N) is 1. The predicted molar refractivity (Wildman–Crippen MR) is 55.5 cm³/mol. The third-order valence-electron chi connectivity index (χ3n) is 3.24. The molecule has 0 spiro atoms. The smallest absolute Gasteiger partial charge is 0.126 e. The Labute approximate surface area is 88.5 Å². The van der Waals surface area contributed by atoms with Crippen molar-refractivity contribution in [3.63, 3.8) is 0 Å². The van der Waals surface area contributed by atoms with E-state index in [1.807, 2.05) is 7.05 Å². The Morgan fingerprint density at radius 2 is 1.73 bits per heavy atom. The van der Waals surface area contributed by atoms with Gasteiger partial charge in [-0.15, -0.1) is 0 Å². The number of rotatable bonds is 3. The van der Waals surface area contributed by atoms with Crippen molar-refractivity contribution in [3.05, 3.63) is 35.4 Å². The number of halogens is 2. The molecule has 1 atom stereocenters. The Balaban J connectivity index is 2.34. The summed E-state index contributed by atoms with van der Waals surface area (Å²) in [5.41, 5.74) is 0.865. The van der Waals surface area contributed by atoms with E-state index in [2.05, 4.69) is 12.2 Å². The maximum absolute atomic E-state index is 13.1. The summed E-state index contributed by atoms with van der Waals surface area (Å²) in [6.07, 6.45) is 2.22. The van der Waals surface area contributed by atoms with Crippen molar-refractivity contribution in [2.75, 3.05) is 7.05 Å². The first-order valence-electron chi connectivity index (χ1n) is 5.18. The molecule has 1 nitrogen and oxygen atoms in total. The highest BCUT2D eigenvalue weighted by molar-refractivity contribution is 5.25. The minimum atomic E-state index is -0.505. The maximum atomic E-state index is 13.1. The van der Waals surface area contributed by atoms with Gasteiger partial charge in [-0.3, -0.25) is 0 Å². The van der Waals surface area contributed by atoms with E-state index in [4.69, 9.17) is 0 Å². The van der Waals surface area contributed by atoms with Gasteiger partial charge in [-0.2, -0.15) is 0 Å². The van der Waals surface area contributed by atoms with Crippen molar-refractivity contribution < 1.29 is 8.78 Å². The molecule has 1 unspecified atom stereocenters. The summed E-state index contributed by atoms with van der Waals surface area (Å²) >= 11 is 0. The van der Waals surface area contributed by atoms with Gasteiger partial charge in [0, 0.05) is 12.1 Å². The van der Waals surface area contributed by atoms with Crippen molar-refractivity contribution in [3.8, 4) is 0 Å². The SMILES string of the molecule is CNC(c1cc(F)cc(F)c1)C1(C)CC1. The van der Waals surface area contributed by atoms with Crippen LogP contribution in [0.1, 0.15) is 31.4 Å². The fourth-order valence-electron chi connectivity index (χ4n) is 2.15. The third kappa shape index (κ3) is 2.02. The monoisotopic (exact) mass is 211 g/mol. The number of hydrogen-bond donors (Lipinski definition) is 1. The third-order valence-corrected chi connectivity index (χ3v) is 3.24. The highest BCUT2D eigenvalue weighted by atomic mass is 19.1. The van der Waals surface area contributed by atoms with Crippen molar-refractivity contribution in [2.45, 2.75) is 25.8 Å². The average Bonchev–Trinajstić information content (AvgIpc) is 2.83. The highest BCUT2D eigenvalue weighted by Gasteiger charge is 2.44. The van der Waals surface area contributed by atoms with E-state index in [1.54, 1.807) is 0 Å². The van der Waals surface area contributed by atoms with Crippen LogP contribution < -0.4 is 5.32 Å². The molecule has 0 saturated heterocycles. The van der Waals surface area contributed by atoms with Crippen LogP contribution in [-0.4, -0.2) is 7.05 Å². The topological polar surface area (TPSA) is 12.0 Å². The molecule has 82 valence electrons. The molecule has 0 aliphatic heterocycles. The van der Waals surface area contributed by atoms with Gasteiger partial charge in [0.2, 0.25) is 0 Å². The van der Waals surface area contributed by atoms with Crippen LogP contribution in [0.5, 0.6) is 0 Å². The van der Waals surface area contributed by atoms with Crippen LogP contribution in [0.15, 0.2) is 18.2 Å². The lowest BCUT2D eigenvalue weighted by Crippen LogP contribution is -2.24. The minimum Gasteiger partial charge on any atom is -0.313 e. The molecule has 0 aromatic heterocycles. The van der Waals surface area contributed by atoms with Crippen LogP contribution in [-0.2, 0) is 0 Å². The summed E-state index contributed by atoms with van der Waals surface area (Å²) in [5, 5.41) is 3.14. The minimum absolute atomic E-state index is 0.0442. The molecule has 0 heterocycles. The highest BCUT2D eigenvalue weighted by Crippen LogP contribution is 2.54. The molecule has 1 saturated carbocycles. The Morgan fingerprint density at radius 1 is 1.20 bits per heavy atom. The molecule has 0 amide bonds. The quantitative estimate of drug-likeness (QED) is 0.810. The summed E-state index contributed by atoms with van der Waals surface area (Å²) in [5.74, 6) is -1.01. The Bertz CT molecular complexity index is 352. The molecule has 0 bridgehead atoms. The van der Waals surface area contributed by atoms with E-state index < -0.39 is 11.6 Å². The molecular formula is C12H15F2N. The van der Waals surface area contributed by atoms with Gasteiger partial charge >= 0.3 is 0 Å². The van der Waals surface area contributed by atoms with E-state index in [0.29, 0.717) is 5.56 Å². The second kappa shape index (κ2) is 3.56. The number of hydrogen-bond acceptors (Lipinski definition) is 1. The lowest BCUT2D eigenvalue weighted by Gasteiger charge is -2.23. The van der Waals surface area contributed by atoms with Crippen LogP contribution in [0.4, 0.5) is 8.78 Å². The molecular weight excluding hydrogens is 196 g/mol. The Hall–Kier alpha value is -0.960. The zero-order chi connectivity index (χ0) is 11.1. The number of benzene rings is 1. The molecule has 15 heavy (non-hydrogen) atoms. The molecule has 2 rings (SSSR count). The lowest BCUT2D eigenvalue weighted by molar-refractivity contribution is 0.387. The second-order valence-corrected chi connectivity index (χ2v) is 4.58. The molecule has 1 aromatic rings. The van der Waals surface area contributed by atoms with E-state index in [1.165, 1.54) is 12.1 Å². The van der Waals surface area contributed by atoms with Crippen molar-refractivity contribution in [1.82, 2.24) is 5.32 Å². The van der Waals surface area contributed by atoms with Crippen molar-refractivity contribution in [2.24, 2.45) is 5.41 Å². The van der Waals surface area contributed by atoms with Gasteiger partial charge in [0.1, 0.15) is 11.6 Å². The molecule has 1 aliphatic rings. The second-order valence-electron chi connectivity index (χ2n) is 4.58. The molecule has 1 aromatic carbocycles. The summed E-state index contributed by atoms with van der Waals surface area (Å²) < 4.78 is 26.1. The molecule has 3 heteroatoms. The van der Waals surface area contributed by atoms with Crippen LogP contribution in [0.25, 0.3) is 0 Å². The van der Waals surface area contributed by atoms with Gasteiger partial charge in [0.15, 0.2) is 0 Å². The van der Waals surface area contributed by atoms with Crippen molar-refractivity contribution >= 4 is 0 Å². The molecule has 1 aliphatic carbocycles. The van der Waals surface area contributed by atoms with E-state index in [9.17, 15) is 8.78 Å². The zero-order valence-electron chi connectivity index (χ0n) is 8.98. The van der Waals surface area contributed by atoms with Gasteiger partial charge in [-0.05, 0) is 43.0 Å². The van der Waals surface area contributed by atoms with Crippen LogP contribution in [0.2, 0.25) is 0 Å². The van der Waals surface area contributed by atoms with E-state index in [-0.39, 0.29) is 11.5 Å². The Morgan fingerprint density at radius 3 is 2.13 bits per heavy atom. The molecule has 1 fully saturated rings. The maximum Gasteiger partial charge on any atom is 0.126 e. The summed E-state index contributed by atoms with van der Waals surface area (Å²) in [6, 6.07) is 3.77. The zero-order valence-corrected chi connectivity index (χ0v) is 8.98. The average molecular weight is 211 g/mol. The summed E-state index contributed by atoms with van der Waals surface area (Å²) in [6.45, 7) is 2.14. The molecule has 1 N–H and O–H groups in total. The van der Waals surface area contributed by atoms with Gasteiger partial charge in [-0.1, -0.05) is 6.92 Å². The van der Waals surface area contributed by atoms with Crippen LogP contribution in [0, 0.1) is 17.0 Å². The largest absolute Gasteiger partial charge is 0.313 e. The van der Waals surface area contributed by atoms with Gasteiger partial charge in [-0.25, -0.2) is 8.78 Å². The normalized spacial score (nSPS) is 20.0. The van der Waals surface area contributed by atoms with Gasteiger partial charge in [0.25, 0.3) is 0 Å². The fourth-order valence-corrected chi connectivity index (χ4v) is 2.15. The first kappa shape index (κ1) is 10.6. The van der Waals surface area contributed by atoms with Gasteiger partial charge in [0.05, 0.1) is 0 Å². The summed E-state index contributed by atoms with van der Waals surface area (Å²) in [4.78, 5) is 0. The fraction of sp³-hybridized carbons (Fsp3) is 0.500. The van der Waals surface area contributed by atoms with Gasteiger partial charge < -0.3 is 5.32 Å². The van der Waals surface area contributed by atoms with Crippen LogP contribution in [0.3, 0.4) is 0 Å². The Kier molecular flexibility index (Phi) is 2.51. The van der Waals surface area contributed by atoms with Crippen molar-refractivity contribution in [1.29, 1.82) is 0 Å². The standard InChI is InChI=1S/C12H15F2N/c1-12(3-4-12)11(15-2)8-5-9(13)7-10(14)6-8/h5-7,11,15H,3-4H2,1-2H3. The molecule has 0 radical (unpaired) electrons. The predicted octanol–water partition coefficient (Wildman–Crippen LogP) is 3.03.